The summed E-state index contributed by atoms with van der Waals surface area (Å²) < 4.78 is 4.59. The van der Waals surface area contributed by atoms with Crippen molar-refractivity contribution in [3.63, 3.8) is 0 Å². The van der Waals surface area contributed by atoms with Crippen molar-refractivity contribution in [1.82, 2.24) is 24.1 Å². The molecule has 5 heteroatoms. The Balaban J connectivity index is 1.03. The van der Waals surface area contributed by atoms with Crippen LogP contribution < -0.4 is 0 Å². The smallest absolute Gasteiger partial charge is 0.238 e. The minimum atomic E-state index is -0.446. The predicted octanol–water partition coefficient (Wildman–Crippen LogP) is 13.7. The largest absolute Gasteiger partial charge is 0.309 e. The van der Waals surface area contributed by atoms with Crippen molar-refractivity contribution >= 4 is 43.6 Å². The van der Waals surface area contributed by atoms with Crippen molar-refractivity contribution in [3.8, 4) is 56.7 Å². The first kappa shape index (κ1) is 34.3. The van der Waals surface area contributed by atoms with Crippen LogP contribution in [0.3, 0.4) is 0 Å². The molecule has 0 saturated carbocycles. The SMILES string of the molecule is c1ccc(-c2nc(-c3cccc(-n4c5ccccc5c5ccccc54)c3)nc(-n3c4ccccc4c4cc5c(cc43)-c3ccccc3C53c4ccccc4-c4ccccc43)n2)cc1. The van der Waals surface area contributed by atoms with Crippen molar-refractivity contribution < 1.29 is 0 Å². The summed E-state index contributed by atoms with van der Waals surface area (Å²) >= 11 is 0. The summed E-state index contributed by atoms with van der Waals surface area (Å²) in [6.45, 7) is 0. The number of aromatic nitrogens is 5. The van der Waals surface area contributed by atoms with Gasteiger partial charge in [-0.05, 0) is 87.0 Å². The normalized spacial score (nSPS) is 13.2. The molecule has 0 fully saturated rings. The molecule has 2 aliphatic rings. The van der Waals surface area contributed by atoms with Gasteiger partial charge in [-0.15, -0.1) is 0 Å². The van der Waals surface area contributed by atoms with Crippen LogP contribution in [-0.2, 0) is 5.41 Å². The Labute approximate surface area is 362 Å². The molecule has 3 heterocycles. The molecule has 0 saturated heterocycles. The van der Waals surface area contributed by atoms with Crippen LogP contribution in [0.1, 0.15) is 22.3 Å². The Morgan fingerprint density at radius 3 is 1.40 bits per heavy atom. The fraction of sp³-hybridized carbons (Fsp3) is 0.0172. The molecule has 14 rings (SSSR count). The van der Waals surface area contributed by atoms with Crippen molar-refractivity contribution in [2.24, 2.45) is 0 Å². The molecule has 0 unspecified atom stereocenters. The topological polar surface area (TPSA) is 48.5 Å². The van der Waals surface area contributed by atoms with E-state index < -0.39 is 5.41 Å². The highest BCUT2D eigenvalue weighted by Crippen LogP contribution is 2.63. The first-order valence-corrected chi connectivity index (χ1v) is 21.5. The van der Waals surface area contributed by atoms with Gasteiger partial charge >= 0.3 is 0 Å². The van der Waals surface area contributed by atoms with Crippen molar-refractivity contribution in [2.45, 2.75) is 5.41 Å². The fourth-order valence-electron chi connectivity index (χ4n) is 11.1. The monoisotopic (exact) mass is 801 g/mol. The maximum absolute atomic E-state index is 5.42. The lowest BCUT2D eigenvalue weighted by molar-refractivity contribution is 0.795. The molecule has 5 nitrogen and oxygen atoms in total. The van der Waals surface area contributed by atoms with Gasteiger partial charge in [-0.2, -0.15) is 9.97 Å². The lowest BCUT2D eigenvalue weighted by Gasteiger charge is -2.30. The number of rotatable bonds is 4. The summed E-state index contributed by atoms with van der Waals surface area (Å²) in [5.41, 5.74) is 17.2. The van der Waals surface area contributed by atoms with E-state index in [1.54, 1.807) is 0 Å². The van der Waals surface area contributed by atoms with Crippen LogP contribution in [0.15, 0.2) is 212 Å². The van der Waals surface area contributed by atoms with E-state index in [1.165, 1.54) is 55.3 Å². The van der Waals surface area contributed by atoms with Gasteiger partial charge in [0, 0.05) is 38.4 Å². The zero-order chi connectivity index (χ0) is 41.2. The molecule has 0 amide bonds. The van der Waals surface area contributed by atoms with Crippen LogP contribution in [0.25, 0.3) is 100 Å². The molecule has 292 valence electrons. The minimum Gasteiger partial charge on any atom is -0.309 e. The van der Waals surface area contributed by atoms with E-state index in [0.717, 1.165) is 49.7 Å². The van der Waals surface area contributed by atoms with Gasteiger partial charge in [-0.25, -0.2) is 4.98 Å². The van der Waals surface area contributed by atoms with E-state index in [4.69, 9.17) is 15.0 Å². The first-order chi connectivity index (χ1) is 31.3. The highest BCUT2D eigenvalue weighted by atomic mass is 15.2. The van der Waals surface area contributed by atoms with Crippen LogP contribution >= 0.6 is 0 Å². The second-order valence-electron chi connectivity index (χ2n) is 16.7. The van der Waals surface area contributed by atoms with Gasteiger partial charge in [0.15, 0.2) is 11.6 Å². The summed E-state index contributed by atoms with van der Waals surface area (Å²) in [6, 6.07) is 76.6. The summed E-state index contributed by atoms with van der Waals surface area (Å²) in [6.07, 6.45) is 0. The second kappa shape index (κ2) is 12.8. The Morgan fingerprint density at radius 2 is 0.778 bits per heavy atom. The van der Waals surface area contributed by atoms with Gasteiger partial charge in [-0.1, -0.05) is 170 Å². The van der Waals surface area contributed by atoms with Crippen LogP contribution in [0.4, 0.5) is 0 Å². The molecule has 0 N–H and O–H groups in total. The number of fused-ring (bicyclic) bond motifs is 16. The standard InChI is InChI=1S/C58H35N5/c1-2-17-36(18-3-1)55-59-56(37-19-16-20-38(33-37)62-51-30-13-7-24-42(51)43-25-8-14-31-52(43)62)61-57(60-55)63-53-32-15-9-26-44(53)46-34-50-45(35-54(46)63)41-23-6-12-29-49(41)58(50)47-27-10-4-21-39(47)40-22-5-11-28-48(40)58/h1-35H. The fourth-order valence-corrected chi connectivity index (χ4v) is 11.1. The van der Waals surface area contributed by atoms with Crippen molar-refractivity contribution in [1.29, 1.82) is 0 Å². The van der Waals surface area contributed by atoms with Gasteiger partial charge < -0.3 is 4.57 Å². The van der Waals surface area contributed by atoms with Crippen molar-refractivity contribution in [2.75, 3.05) is 0 Å². The van der Waals surface area contributed by atoms with E-state index in [-0.39, 0.29) is 0 Å². The lowest BCUT2D eigenvalue weighted by Crippen LogP contribution is -2.25. The Hall–Kier alpha value is -8.41. The molecule has 0 radical (unpaired) electrons. The Bertz CT molecular complexity index is 3770. The minimum absolute atomic E-state index is 0.446. The number of para-hydroxylation sites is 3. The van der Waals surface area contributed by atoms with E-state index in [1.807, 2.05) is 18.2 Å². The summed E-state index contributed by atoms with van der Waals surface area (Å²) in [4.78, 5) is 16.0. The van der Waals surface area contributed by atoms with Gasteiger partial charge in [0.2, 0.25) is 5.95 Å². The average molecular weight is 802 g/mol. The third-order valence-electron chi connectivity index (χ3n) is 13.6. The number of hydrogen-bond acceptors (Lipinski definition) is 3. The zero-order valence-corrected chi connectivity index (χ0v) is 33.9. The third-order valence-corrected chi connectivity index (χ3v) is 13.6. The third kappa shape index (κ3) is 4.63. The van der Waals surface area contributed by atoms with Crippen LogP contribution in [0.2, 0.25) is 0 Å². The predicted molar refractivity (Wildman–Crippen MR) is 256 cm³/mol. The molecule has 0 aliphatic heterocycles. The zero-order valence-electron chi connectivity index (χ0n) is 33.9. The summed E-state index contributed by atoms with van der Waals surface area (Å²) in [7, 11) is 0. The van der Waals surface area contributed by atoms with E-state index in [2.05, 4.69) is 203 Å². The Morgan fingerprint density at radius 1 is 0.302 bits per heavy atom. The highest BCUT2D eigenvalue weighted by Gasteiger charge is 2.51. The molecule has 12 aromatic rings. The Kier molecular flexibility index (Phi) is 6.97. The maximum atomic E-state index is 5.42. The van der Waals surface area contributed by atoms with Gasteiger partial charge in [0.05, 0.1) is 27.5 Å². The van der Waals surface area contributed by atoms with Gasteiger partial charge in [-0.3, -0.25) is 4.57 Å². The first-order valence-electron chi connectivity index (χ1n) is 21.5. The highest BCUT2D eigenvalue weighted by molar-refractivity contribution is 6.12. The molecule has 9 aromatic carbocycles. The van der Waals surface area contributed by atoms with E-state index in [0.29, 0.717) is 17.6 Å². The molecular formula is C58H35N5. The number of nitrogens with zero attached hydrogens (tertiary/aromatic N) is 5. The molecule has 1 spiro atoms. The quantitative estimate of drug-likeness (QED) is 0.178. The van der Waals surface area contributed by atoms with E-state index in [9.17, 15) is 0 Å². The molecule has 3 aromatic heterocycles. The number of benzene rings is 9. The number of hydrogen-bond donors (Lipinski definition) is 0. The maximum Gasteiger partial charge on any atom is 0.238 e. The lowest BCUT2D eigenvalue weighted by atomic mass is 9.70. The van der Waals surface area contributed by atoms with Gasteiger partial charge in [0.25, 0.3) is 0 Å². The van der Waals surface area contributed by atoms with E-state index >= 15 is 0 Å². The van der Waals surface area contributed by atoms with Crippen LogP contribution in [0.5, 0.6) is 0 Å². The van der Waals surface area contributed by atoms with Crippen LogP contribution in [0, 0.1) is 0 Å². The van der Waals surface area contributed by atoms with Gasteiger partial charge in [0.1, 0.15) is 0 Å². The van der Waals surface area contributed by atoms with Crippen molar-refractivity contribution in [3.05, 3.63) is 235 Å². The molecule has 0 bridgehead atoms. The molecule has 2 aliphatic carbocycles. The van der Waals surface area contributed by atoms with Crippen LogP contribution in [-0.4, -0.2) is 24.1 Å². The molecule has 63 heavy (non-hydrogen) atoms. The molecule has 0 atom stereocenters. The second-order valence-corrected chi connectivity index (χ2v) is 16.7. The summed E-state index contributed by atoms with van der Waals surface area (Å²) in [5.74, 6) is 1.80. The molecular weight excluding hydrogens is 767 g/mol. The average Bonchev–Trinajstić information content (AvgIpc) is 4.05. The summed E-state index contributed by atoms with van der Waals surface area (Å²) in [5, 5.41) is 4.76.